The van der Waals surface area contributed by atoms with E-state index in [9.17, 15) is 19.1 Å². The van der Waals surface area contributed by atoms with Gasteiger partial charge >= 0.3 is 7.60 Å². The zero-order valence-electron chi connectivity index (χ0n) is 23.0. The van der Waals surface area contributed by atoms with E-state index in [4.69, 9.17) is 22.2 Å². The number of carbonyl (C=O) groups excluding carboxylic acids is 1. The normalized spacial score (nSPS) is 11.8. The van der Waals surface area contributed by atoms with Gasteiger partial charge in [0.25, 0.3) is 5.91 Å². The molecule has 214 valence electrons. The summed E-state index contributed by atoms with van der Waals surface area (Å²) in [7, 11) is -4.14. The number of hydrazine groups is 1. The maximum absolute atomic E-state index is 13.0. The van der Waals surface area contributed by atoms with E-state index >= 15 is 0 Å². The summed E-state index contributed by atoms with van der Waals surface area (Å²) < 4.78 is 19.7. The molecule has 5 N–H and O–H groups in total. The molecule has 0 spiro atoms. The zero-order chi connectivity index (χ0) is 28.9. The number of rotatable bonds is 13. The minimum absolute atomic E-state index is 0.119. The van der Waals surface area contributed by atoms with Gasteiger partial charge in [-0.25, -0.2) is 5.84 Å². The molecule has 0 aliphatic carbocycles. The second kappa shape index (κ2) is 13.2. The van der Waals surface area contributed by atoms with E-state index in [1.807, 2.05) is 43.3 Å². The number of amides is 1. The van der Waals surface area contributed by atoms with Crippen molar-refractivity contribution >= 4 is 46.9 Å². The minimum atomic E-state index is -4.14. The van der Waals surface area contributed by atoms with Gasteiger partial charge in [-0.05, 0) is 73.7 Å². The highest BCUT2D eigenvalue weighted by molar-refractivity contribution is 7.51. The SMILES string of the molecule is CCCCCCCc1ccc(OCCCP(=O)(O)O)c2c3c(C(=O)NN)ccc(C)c3n(-c3ccc(Cl)cc3)c12. The number of nitrogens with zero attached hydrogens (tertiary/aromatic N) is 1. The Morgan fingerprint density at radius 3 is 2.38 bits per heavy atom. The minimum Gasteiger partial charge on any atom is -0.493 e. The van der Waals surface area contributed by atoms with E-state index in [1.54, 1.807) is 6.07 Å². The van der Waals surface area contributed by atoms with Crippen LogP contribution in [-0.4, -0.2) is 33.0 Å². The third-order valence-electron chi connectivity index (χ3n) is 7.16. The number of aromatic nitrogens is 1. The summed E-state index contributed by atoms with van der Waals surface area (Å²) in [5.41, 5.74) is 7.47. The second-order valence-corrected chi connectivity index (χ2v) is 12.4. The number of hydrogen-bond donors (Lipinski definition) is 4. The topological polar surface area (TPSA) is 127 Å². The summed E-state index contributed by atoms with van der Waals surface area (Å²) in [6.07, 6.45) is 6.48. The Morgan fingerprint density at radius 2 is 1.70 bits per heavy atom. The van der Waals surface area contributed by atoms with Crippen molar-refractivity contribution in [2.24, 2.45) is 5.84 Å². The predicted molar refractivity (Wildman–Crippen MR) is 162 cm³/mol. The van der Waals surface area contributed by atoms with Gasteiger partial charge in [-0.3, -0.25) is 14.8 Å². The molecule has 1 amide bonds. The number of halogens is 1. The Bertz CT molecular complexity index is 1550. The van der Waals surface area contributed by atoms with Gasteiger partial charge in [-0.15, -0.1) is 0 Å². The Morgan fingerprint density at radius 1 is 0.975 bits per heavy atom. The van der Waals surface area contributed by atoms with Crippen LogP contribution in [0.2, 0.25) is 5.02 Å². The highest BCUT2D eigenvalue weighted by Crippen LogP contribution is 2.43. The molecule has 10 heteroatoms. The lowest BCUT2D eigenvalue weighted by molar-refractivity contribution is 0.0955. The van der Waals surface area contributed by atoms with Crippen molar-refractivity contribution in [1.29, 1.82) is 0 Å². The molecular weight excluding hydrogens is 549 g/mol. The van der Waals surface area contributed by atoms with Crippen LogP contribution in [0.5, 0.6) is 5.75 Å². The molecule has 4 aromatic rings. The molecule has 0 fully saturated rings. The molecule has 0 radical (unpaired) electrons. The summed E-state index contributed by atoms with van der Waals surface area (Å²) in [6, 6.07) is 15.2. The third-order valence-corrected chi connectivity index (χ3v) is 8.31. The predicted octanol–water partition coefficient (Wildman–Crippen LogP) is 6.81. The van der Waals surface area contributed by atoms with E-state index in [-0.39, 0.29) is 19.2 Å². The van der Waals surface area contributed by atoms with Crippen molar-refractivity contribution < 1.29 is 23.9 Å². The lowest BCUT2D eigenvalue weighted by atomic mass is 9.99. The van der Waals surface area contributed by atoms with Crippen LogP contribution in [0.4, 0.5) is 0 Å². The van der Waals surface area contributed by atoms with E-state index < -0.39 is 13.5 Å². The first-order valence-corrected chi connectivity index (χ1v) is 15.9. The molecule has 40 heavy (non-hydrogen) atoms. The van der Waals surface area contributed by atoms with Gasteiger partial charge in [0, 0.05) is 16.1 Å². The maximum atomic E-state index is 13.0. The van der Waals surface area contributed by atoms with Crippen molar-refractivity contribution in [3.63, 3.8) is 0 Å². The van der Waals surface area contributed by atoms with Gasteiger partial charge in [0.05, 0.1) is 34.8 Å². The van der Waals surface area contributed by atoms with Crippen molar-refractivity contribution in [3.05, 3.63) is 70.2 Å². The molecular formula is C30H37ClN3O5P. The van der Waals surface area contributed by atoms with Gasteiger partial charge in [-0.1, -0.05) is 56.3 Å². The van der Waals surface area contributed by atoms with Crippen LogP contribution < -0.4 is 16.0 Å². The summed E-state index contributed by atoms with van der Waals surface area (Å²) in [6.45, 7) is 4.32. The third kappa shape index (κ3) is 6.70. The van der Waals surface area contributed by atoms with Crippen LogP contribution in [0.25, 0.3) is 27.5 Å². The van der Waals surface area contributed by atoms with Crippen molar-refractivity contribution in [1.82, 2.24) is 9.99 Å². The molecule has 0 atom stereocenters. The van der Waals surface area contributed by atoms with Crippen LogP contribution in [-0.2, 0) is 11.0 Å². The highest BCUT2D eigenvalue weighted by atomic mass is 35.5. The Labute approximate surface area is 239 Å². The molecule has 3 aromatic carbocycles. The first-order chi connectivity index (χ1) is 19.2. The number of aryl methyl sites for hydroxylation is 2. The second-order valence-electron chi connectivity index (χ2n) is 10.1. The number of nitrogen functional groups attached to an aromatic ring is 1. The van der Waals surface area contributed by atoms with Gasteiger partial charge in [0.2, 0.25) is 0 Å². The number of benzene rings is 3. The molecule has 0 aliphatic heterocycles. The number of unbranched alkanes of at least 4 members (excludes halogenated alkanes) is 4. The lowest BCUT2D eigenvalue weighted by Crippen LogP contribution is -2.30. The van der Waals surface area contributed by atoms with Crippen molar-refractivity contribution in [2.45, 2.75) is 58.8 Å². The molecule has 0 bridgehead atoms. The quantitative estimate of drug-likeness (QED) is 0.0449. The molecule has 0 aliphatic rings. The van der Waals surface area contributed by atoms with E-state index in [2.05, 4.69) is 23.0 Å². The Kier molecular flexibility index (Phi) is 9.93. The lowest BCUT2D eigenvalue weighted by Gasteiger charge is -2.14. The number of fused-ring (bicyclic) bond motifs is 3. The van der Waals surface area contributed by atoms with Gasteiger partial charge in [-0.2, -0.15) is 0 Å². The first kappa shape index (κ1) is 30.1. The molecule has 0 unspecified atom stereocenters. The van der Waals surface area contributed by atoms with Crippen molar-refractivity contribution in [2.75, 3.05) is 12.8 Å². The smallest absolute Gasteiger partial charge is 0.325 e. The monoisotopic (exact) mass is 585 g/mol. The number of carbonyl (C=O) groups is 1. The van der Waals surface area contributed by atoms with Gasteiger partial charge < -0.3 is 19.1 Å². The Balaban J connectivity index is 1.99. The Hall–Kier alpha value is -2.87. The number of nitrogens with two attached hydrogens (primary N) is 1. The maximum Gasteiger partial charge on any atom is 0.325 e. The number of hydrogen-bond acceptors (Lipinski definition) is 4. The standard InChI is InChI=1S/C30H37ClN3O5P/c1-3-4-5-6-7-9-21-11-17-25(39-18-8-19-40(36,37)38)27-26-24(30(35)33-32)16-10-20(2)28(26)34(29(21)27)23-14-12-22(31)13-15-23/h10-17H,3-9,18-19,32H2,1-2H3,(H,33,35)(H2,36,37,38). The number of nitrogens with one attached hydrogen (secondary N) is 1. The molecule has 0 saturated carbocycles. The van der Waals surface area contributed by atoms with Crippen molar-refractivity contribution in [3.8, 4) is 11.4 Å². The van der Waals surface area contributed by atoms with E-state index in [0.29, 0.717) is 21.7 Å². The summed E-state index contributed by atoms with van der Waals surface area (Å²) in [5.74, 6) is 5.73. The van der Waals surface area contributed by atoms with Gasteiger partial charge in [0.1, 0.15) is 5.75 Å². The largest absolute Gasteiger partial charge is 0.493 e. The number of ether oxygens (including phenoxy) is 1. The summed E-state index contributed by atoms with van der Waals surface area (Å²) in [5, 5.41) is 2.11. The van der Waals surface area contributed by atoms with E-state index in [0.717, 1.165) is 52.5 Å². The molecule has 4 rings (SSSR count). The van der Waals surface area contributed by atoms with E-state index in [1.165, 1.54) is 19.3 Å². The fourth-order valence-corrected chi connectivity index (χ4v) is 5.94. The molecule has 1 heterocycles. The summed E-state index contributed by atoms with van der Waals surface area (Å²) in [4.78, 5) is 31.6. The van der Waals surface area contributed by atoms with Crippen LogP contribution in [0.1, 0.15) is 66.9 Å². The average Bonchev–Trinajstić information content (AvgIpc) is 3.29. The van der Waals surface area contributed by atoms with Crippen LogP contribution in [0, 0.1) is 6.92 Å². The summed E-state index contributed by atoms with van der Waals surface area (Å²) >= 11 is 6.24. The van der Waals surface area contributed by atoms with Gasteiger partial charge in [0.15, 0.2) is 0 Å². The van der Waals surface area contributed by atoms with Crippen LogP contribution in [0.15, 0.2) is 48.5 Å². The fraction of sp³-hybridized carbons (Fsp3) is 0.367. The van der Waals surface area contributed by atoms with Crippen LogP contribution >= 0.6 is 19.2 Å². The fourth-order valence-electron chi connectivity index (χ4n) is 5.27. The highest BCUT2D eigenvalue weighted by Gasteiger charge is 2.25. The molecule has 8 nitrogen and oxygen atoms in total. The first-order valence-electron chi connectivity index (χ1n) is 13.7. The molecule has 0 saturated heterocycles. The van der Waals surface area contributed by atoms with Crippen LogP contribution in [0.3, 0.4) is 0 Å². The average molecular weight is 586 g/mol. The molecule has 1 aromatic heterocycles. The zero-order valence-corrected chi connectivity index (χ0v) is 24.6.